The van der Waals surface area contributed by atoms with Crippen LogP contribution in [-0.2, 0) is 6.42 Å². The van der Waals surface area contributed by atoms with Crippen molar-refractivity contribution in [2.45, 2.75) is 26.2 Å². The second-order valence-electron chi connectivity index (χ2n) is 7.21. The van der Waals surface area contributed by atoms with Gasteiger partial charge in [0.15, 0.2) is 0 Å². The molecule has 0 bridgehead atoms. The zero-order chi connectivity index (χ0) is 19.9. The fraction of sp³-hybridized carbons (Fsp3) is 0.240. The molecule has 3 aromatic carbocycles. The van der Waals surface area contributed by atoms with Crippen molar-refractivity contribution in [2.24, 2.45) is 0 Å². The maximum Gasteiger partial charge on any atom is 0.251 e. The van der Waals surface area contributed by atoms with Crippen LogP contribution in [0.25, 0.3) is 11.1 Å². The van der Waals surface area contributed by atoms with E-state index in [1.807, 2.05) is 0 Å². The summed E-state index contributed by atoms with van der Waals surface area (Å²) in [5.74, 6) is 1.23. The Morgan fingerprint density at radius 2 is 1.43 bits per heavy atom. The normalized spacial score (nSPS) is 10.7. The molecule has 28 heavy (non-hydrogen) atoms. The van der Waals surface area contributed by atoms with Gasteiger partial charge in [0.25, 0.3) is 5.91 Å². The van der Waals surface area contributed by atoms with Crippen LogP contribution in [0.5, 0.6) is 5.75 Å². The first-order valence-electron chi connectivity index (χ1n) is 9.68. The number of amides is 1. The number of nitrogens with one attached hydrogen (secondary N) is 1. The highest BCUT2D eigenvalue weighted by molar-refractivity contribution is 5.94. The second-order valence-corrected chi connectivity index (χ2v) is 7.21. The first-order chi connectivity index (χ1) is 13.6. The summed E-state index contributed by atoms with van der Waals surface area (Å²) in [6.07, 6.45) is 0.800. The standard InChI is InChI=1S/C25H27NO2/c1-18(2)20-8-10-22(11-9-20)21-6-4-19(5-7-21)16-17-26-25(27)23-12-14-24(28-3)15-13-23/h4-15,18H,16-17H2,1-3H3,(H,26,27). The number of hydrogen-bond acceptors (Lipinski definition) is 2. The van der Waals surface area contributed by atoms with Gasteiger partial charge in [0.2, 0.25) is 0 Å². The van der Waals surface area contributed by atoms with Gasteiger partial charge in [-0.3, -0.25) is 4.79 Å². The van der Waals surface area contributed by atoms with Gasteiger partial charge in [0.1, 0.15) is 5.75 Å². The van der Waals surface area contributed by atoms with Crippen molar-refractivity contribution >= 4 is 5.91 Å². The van der Waals surface area contributed by atoms with Crippen LogP contribution in [0.4, 0.5) is 0 Å². The molecule has 0 atom stereocenters. The van der Waals surface area contributed by atoms with Crippen LogP contribution in [0.2, 0.25) is 0 Å². The maximum absolute atomic E-state index is 12.2. The Morgan fingerprint density at radius 3 is 1.96 bits per heavy atom. The van der Waals surface area contributed by atoms with Gasteiger partial charge in [-0.05, 0) is 58.9 Å². The molecule has 0 fully saturated rings. The molecule has 0 spiro atoms. The van der Waals surface area contributed by atoms with Crippen LogP contribution in [0.3, 0.4) is 0 Å². The molecule has 1 N–H and O–H groups in total. The molecule has 0 aliphatic rings. The summed E-state index contributed by atoms with van der Waals surface area (Å²) in [6.45, 7) is 5.02. The topological polar surface area (TPSA) is 38.3 Å². The van der Waals surface area contributed by atoms with Crippen LogP contribution in [0.1, 0.15) is 41.3 Å². The highest BCUT2D eigenvalue weighted by Crippen LogP contribution is 2.23. The number of carbonyl (C=O) groups is 1. The average molecular weight is 373 g/mol. The van der Waals surface area contributed by atoms with Crippen LogP contribution in [-0.4, -0.2) is 19.6 Å². The predicted octanol–water partition coefficient (Wildman–Crippen LogP) is 5.46. The van der Waals surface area contributed by atoms with E-state index in [1.165, 1.54) is 22.3 Å². The second kappa shape index (κ2) is 9.23. The Balaban J connectivity index is 1.53. The van der Waals surface area contributed by atoms with Crippen molar-refractivity contribution < 1.29 is 9.53 Å². The molecule has 0 heterocycles. The van der Waals surface area contributed by atoms with Crippen molar-refractivity contribution in [1.29, 1.82) is 0 Å². The van der Waals surface area contributed by atoms with Gasteiger partial charge >= 0.3 is 0 Å². The minimum Gasteiger partial charge on any atom is -0.497 e. The van der Waals surface area contributed by atoms with Crippen LogP contribution in [0.15, 0.2) is 72.8 Å². The minimum atomic E-state index is -0.0653. The number of hydrogen-bond donors (Lipinski definition) is 1. The zero-order valence-electron chi connectivity index (χ0n) is 16.7. The molecule has 0 unspecified atom stereocenters. The molecule has 0 saturated heterocycles. The van der Waals surface area contributed by atoms with E-state index in [0.717, 1.165) is 12.2 Å². The molecule has 144 valence electrons. The van der Waals surface area contributed by atoms with E-state index in [2.05, 4.69) is 67.7 Å². The largest absolute Gasteiger partial charge is 0.497 e. The lowest BCUT2D eigenvalue weighted by Gasteiger charge is -2.09. The number of carbonyl (C=O) groups excluding carboxylic acids is 1. The van der Waals surface area contributed by atoms with Crippen molar-refractivity contribution in [2.75, 3.05) is 13.7 Å². The first-order valence-corrected chi connectivity index (χ1v) is 9.68. The number of ether oxygens (including phenoxy) is 1. The van der Waals surface area contributed by atoms with E-state index in [-0.39, 0.29) is 5.91 Å². The van der Waals surface area contributed by atoms with Gasteiger partial charge in [-0.15, -0.1) is 0 Å². The summed E-state index contributed by atoms with van der Waals surface area (Å²) in [5.41, 5.74) is 5.64. The highest BCUT2D eigenvalue weighted by atomic mass is 16.5. The summed E-state index contributed by atoms with van der Waals surface area (Å²) in [7, 11) is 1.61. The number of benzene rings is 3. The van der Waals surface area contributed by atoms with Crippen molar-refractivity contribution in [1.82, 2.24) is 5.32 Å². The van der Waals surface area contributed by atoms with Crippen molar-refractivity contribution in [3.8, 4) is 16.9 Å². The lowest BCUT2D eigenvalue weighted by atomic mass is 9.98. The van der Waals surface area contributed by atoms with Gasteiger partial charge in [-0.1, -0.05) is 62.4 Å². The first kappa shape index (κ1) is 19.7. The van der Waals surface area contributed by atoms with Gasteiger partial charge in [-0.25, -0.2) is 0 Å². The molecular weight excluding hydrogens is 346 g/mol. The zero-order valence-corrected chi connectivity index (χ0v) is 16.7. The fourth-order valence-corrected chi connectivity index (χ4v) is 3.09. The molecule has 0 aliphatic carbocycles. The monoisotopic (exact) mass is 373 g/mol. The summed E-state index contributed by atoms with van der Waals surface area (Å²) in [5, 5.41) is 2.97. The minimum absolute atomic E-state index is 0.0653. The quantitative estimate of drug-likeness (QED) is 0.597. The van der Waals surface area contributed by atoms with E-state index in [1.54, 1.807) is 31.4 Å². The van der Waals surface area contributed by atoms with Crippen molar-refractivity contribution in [3.63, 3.8) is 0 Å². The molecule has 3 nitrogen and oxygen atoms in total. The van der Waals surface area contributed by atoms with Crippen LogP contribution < -0.4 is 10.1 Å². The summed E-state index contributed by atoms with van der Waals surface area (Å²) in [4.78, 5) is 12.2. The maximum atomic E-state index is 12.2. The average Bonchev–Trinajstić information content (AvgIpc) is 2.74. The number of rotatable bonds is 7. The third-order valence-corrected chi connectivity index (χ3v) is 4.92. The van der Waals surface area contributed by atoms with Crippen LogP contribution >= 0.6 is 0 Å². The Morgan fingerprint density at radius 1 is 0.857 bits per heavy atom. The molecule has 0 aliphatic heterocycles. The van der Waals surface area contributed by atoms with E-state index in [4.69, 9.17) is 4.74 Å². The molecule has 0 aromatic heterocycles. The Bertz CT molecular complexity index is 895. The third kappa shape index (κ3) is 5.01. The van der Waals surface area contributed by atoms with Crippen molar-refractivity contribution in [3.05, 3.63) is 89.5 Å². The SMILES string of the molecule is COc1ccc(C(=O)NCCc2ccc(-c3ccc(C(C)C)cc3)cc2)cc1. The van der Waals surface area contributed by atoms with E-state index in [0.29, 0.717) is 18.0 Å². The van der Waals surface area contributed by atoms with E-state index in [9.17, 15) is 4.79 Å². The molecule has 3 rings (SSSR count). The van der Waals surface area contributed by atoms with E-state index < -0.39 is 0 Å². The highest BCUT2D eigenvalue weighted by Gasteiger charge is 2.05. The van der Waals surface area contributed by atoms with Gasteiger partial charge < -0.3 is 10.1 Å². The summed E-state index contributed by atoms with van der Waals surface area (Å²) >= 11 is 0. The predicted molar refractivity (Wildman–Crippen MR) is 115 cm³/mol. The molecule has 3 aromatic rings. The van der Waals surface area contributed by atoms with E-state index >= 15 is 0 Å². The third-order valence-electron chi connectivity index (χ3n) is 4.92. The van der Waals surface area contributed by atoms with Gasteiger partial charge in [-0.2, -0.15) is 0 Å². The Kier molecular flexibility index (Phi) is 6.49. The molecular formula is C25H27NO2. The van der Waals surface area contributed by atoms with Gasteiger partial charge in [0.05, 0.1) is 7.11 Å². The molecule has 1 amide bonds. The Hall–Kier alpha value is -3.07. The lowest BCUT2D eigenvalue weighted by Crippen LogP contribution is -2.25. The molecule has 0 radical (unpaired) electrons. The molecule has 0 saturated carbocycles. The van der Waals surface area contributed by atoms with Gasteiger partial charge in [0, 0.05) is 12.1 Å². The molecule has 3 heteroatoms. The summed E-state index contributed by atoms with van der Waals surface area (Å²) < 4.78 is 5.11. The fourth-order valence-electron chi connectivity index (χ4n) is 3.09. The lowest BCUT2D eigenvalue weighted by molar-refractivity contribution is 0.0954. The van der Waals surface area contributed by atoms with Crippen LogP contribution in [0, 0.1) is 0 Å². The Labute approximate surface area is 167 Å². The summed E-state index contributed by atoms with van der Waals surface area (Å²) in [6, 6.07) is 24.4. The number of methoxy groups -OCH3 is 1. The smallest absolute Gasteiger partial charge is 0.251 e.